The van der Waals surface area contributed by atoms with Crippen molar-refractivity contribution >= 4 is 42.5 Å². The minimum absolute atomic E-state index is 0.690. The second-order valence-corrected chi connectivity index (χ2v) is 6.93. The van der Waals surface area contributed by atoms with Crippen molar-refractivity contribution in [2.45, 2.75) is 0 Å². The van der Waals surface area contributed by atoms with E-state index in [-0.39, 0.29) is 0 Å². The average molecular weight is 324 g/mol. The Hall–Kier alpha value is -3.09. The second-order valence-electron chi connectivity index (χ2n) is 5.88. The molecule has 2 aromatic heterocycles. The molecule has 0 bridgehead atoms. The standard InChI is InChI=1S/C21H12N2S/c22-12-13-5-7-14(8-6-13)15-9-10-17-19(11-15)24-21-16-3-1-2-4-18(16)23-20(17)21/h1-11,23H. The average Bonchev–Trinajstić information content (AvgIpc) is 3.17. The van der Waals surface area contributed by atoms with Gasteiger partial charge in [-0.25, -0.2) is 0 Å². The van der Waals surface area contributed by atoms with E-state index in [1.807, 2.05) is 35.6 Å². The number of nitriles is 1. The van der Waals surface area contributed by atoms with Gasteiger partial charge in [-0.2, -0.15) is 5.26 Å². The number of nitrogens with zero attached hydrogens (tertiary/aromatic N) is 1. The molecular formula is C21H12N2S. The van der Waals surface area contributed by atoms with Crippen molar-refractivity contribution in [1.29, 1.82) is 5.26 Å². The van der Waals surface area contributed by atoms with E-state index in [2.05, 4.69) is 53.5 Å². The van der Waals surface area contributed by atoms with Crippen molar-refractivity contribution in [1.82, 2.24) is 4.98 Å². The lowest BCUT2D eigenvalue weighted by Gasteiger charge is -2.02. The number of benzene rings is 3. The number of H-pyrrole nitrogens is 1. The van der Waals surface area contributed by atoms with Gasteiger partial charge in [0.15, 0.2) is 0 Å². The topological polar surface area (TPSA) is 39.6 Å². The molecule has 112 valence electrons. The molecule has 2 heterocycles. The summed E-state index contributed by atoms with van der Waals surface area (Å²) in [5.41, 5.74) is 5.42. The molecule has 0 unspecified atom stereocenters. The summed E-state index contributed by atoms with van der Waals surface area (Å²) in [7, 11) is 0. The molecule has 1 N–H and O–H groups in total. The molecule has 3 aromatic carbocycles. The number of aromatic nitrogens is 1. The van der Waals surface area contributed by atoms with Crippen LogP contribution < -0.4 is 0 Å². The number of hydrogen-bond acceptors (Lipinski definition) is 2. The zero-order valence-corrected chi connectivity index (χ0v) is 13.5. The fourth-order valence-electron chi connectivity index (χ4n) is 3.25. The molecule has 0 saturated heterocycles. The molecule has 0 spiro atoms. The van der Waals surface area contributed by atoms with Crippen molar-refractivity contribution < 1.29 is 0 Å². The van der Waals surface area contributed by atoms with Crippen LogP contribution in [0.4, 0.5) is 0 Å². The fourth-order valence-corrected chi connectivity index (χ4v) is 4.49. The number of rotatable bonds is 1. The molecular weight excluding hydrogens is 312 g/mol. The normalized spacial score (nSPS) is 11.3. The van der Waals surface area contributed by atoms with Crippen LogP contribution >= 0.6 is 11.3 Å². The van der Waals surface area contributed by atoms with Gasteiger partial charge in [-0.05, 0) is 35.4 Å². The zero-order valence-electron chi connectivity index (χ0n) is 12.7. The van der Waals surface area contributed by atoms with Gasteiger partial charge >= 0.3 is 0 Å². The van der Waals surface area contributed by atoms with Gasteiger partial charge in [0.25, 0.3) is 0 Å². The Balaban J connectivity index is 1.73. The quantitative estimate of drug-likeness (QED) is 0.399. The third-order valence-corrected chi connectivity index (χ3v) is 5.65. The Kier molecular flexibility index (Phi) is 2.76. The Morgan fingerprint density at radius 3 is 2.46 bits per heavy atom. The Morgan fingerprint density at radius 1 is 0.833 bits per heavy atom. The highest BCUT2D eigenvalue weighted by Gasteiger charge is 2.11. The fraction of sp³-hybridized carbons (Fsp3) is 0. The highest BCUT2D eigenvalue weighted by Crippen LogP contribution is 2.39. The molecule has 0 saturated carbocycles. The first-order valence-electron chi connectivity index (χ1n) is 7.77. The number of fused-ring (bicyclic) bond motifs is 5. The smallest absolute Gasteiger partial charge is 0.0991 e. The molecule has 0 fully saturated rings. The maximum Gasteiger partial charge on any atom is 0.0991 e. The zero-order chi connectivity index (χ0) is 16.1. The van der Waals surface area contributed by atoms with Crippen molar-refractivity contribution in [3.63, 3.8) is 0 Å². The molecule has 3 heteroatoms. The van der Waals surface area contributed by atoms with Crippen LogP contribution in [0, 0.1) is 11.3 Å². The largest absolute Gasteiger partial charge is 0.353 e. The van der Waals surface area contributed by atoms with Crippen LogP contribution in [0.2, 0.25) is 0 Å². The van der Waals surface area contributed by atoms with Crippen LogP contribution in [0.5, 0.6) is 0 Å². The van der Waals surface area contributed by atoms with E-state index in [1.54, 1.807) is 0 Å². The first-order chi connectivity index (χ1) is 11.8. The number of thiophene rings is 1. The van der Waals surface area contributed by atoms with E-state index in [1.165, 1.54) is 36.8 Å². The molecule has 0 atom stereocenters. The summed E-state index contributed by atoms with van der Waals surface area (Å²) in [4.78, 5) is 3.55. The lowest BCUT2D eigenvalue weighted by atomic mass is 10.0. The van der Waals surface area contributed by atoms with Crippen LogP contribution in [0.25, 0.3) is 42.3 Å². The lowest BCUT2D eigenvalue weighted by molar-refractivity contribution is 1.48. The van der Waals surface area contributed by atoms with Gasteiger partial charge in [0, 0.05) is 21.0 Å². The van der Waals surface area contributed by atoms with E-state index in [4.69, 9.17) is 5.26 Å². The maximum absolute atomic E-state index is 8.93. The predicted molar refractivity (Wildman–Crippen MR) is 101 cm³/mol. The van der Waals surface area contributed by atoms with E-state index in [0.29, 0.717) is 5.56 Å². The summed E-state index contributed by atoms with van der Waals surface area (Å²) in [6.45, 7) is 0. The Labute approximate surface area is 142 Å². The van der Waals surface area contributed by atoms with Crippen molar-refractivity contribution in [2.75, 3.05) is 0 Å². The minimum atomic E-state index is 0.690. The third-order valence-electron chi connectivity index (χ3n) is 4.47. The van der Waals surface area contributed by atoms with Crippen LogP contribution in [0.1, 0.15) is 5.56 Å². The highest BCUT2D eigenvalue weighted by atomic mass is 32.1. The summed E-state index contributed by atoms with van der Waals surface area (Å²) in [6.07, 6.45) is 0. The number of hydrogen-bond donors (Lipinski definition) is 1. The van der Waals surface area contributed by atoms with Crippen LogP contribution in [-0.2, 0) is 0 Å². The second kappa shape index (κ2) is 4.95. The Morgan fingerprint density at radius 2 is 1.62 bits per heavy atom. The van der Waals surface area contributed by atoms with Crippen molar-refractivity contribution in [2.24, 2.45) is 0 Å². The van der Waals surface area contributed by atoms with Gasteiger partial charge in [0.2, 0.25) is 0 Å². The van der Waals surface area contributed by atoms with Gasteiger partial charge in [-0.1, -0.05) is 42.5 Å². The van der Waals surface area contributed by atoms with E-state index in [9.17, 15) is 0 Å². The van der Waals surface area contributed by atoms with E-state index >= 15 is 0 Å². The molecule has 0 aliphatic carbocycles. The van der Waals surface area contributed by atoms with Gasteiger partial charge in [0.05, 0.1) is 21.8 Å². The minimum Gasteiger partial charge on any atom is -0.353 e. The summed E-state index contributed by atoms with van der Waals surface area (Å²) >= 11 is 1.83. The van der Waals surface area contributed by atoms with Crippen molar-refractivity contribution in [3.8, 4) is 17.2 Å². The number of nitrogens with one attached hydrogen (secondary N) is 1. The summed E-state index contributed by atoms with van der Waals surface area (Å²) in [6, 6.07) is 24.9. The van der Waals surface area contributed by atoms with Gasteiger partial charge in [0.1, 0.15) is 0 Å². The van der Waals surface area contributed by atoms with E-state index in [0.717, 1.165) is 5.56 Å². The molecule has 2 nitrogen and oxygen atoms in total. The van der Waals surface area contributed by atoms with Crippen molar-refractivity contribution in [3.05, 3.63) is 72.3 Å². The first-order valence-corrected chi connectivity index (χ1v) is 8.59. The first kappa shape index (κ1) is 13.4. The predicted octanol–water partition coefficient (Wildman–Crippen LogP) is 6.07. The summed E-state index contributed by atoms with van der Waals surface area (Å²) in [5, 5.41) is 11.5. The molecule has 0 aliphatic rings. The summed E-state index contributed by atoms with van der Waals surface area (Å²) < 4.78 is 2.60. The maximum atomic E-state index is 8.93. The molecule has 5 aromatic rings. The van der Waals surface area contributed by atoms with Gasteiger partial charge in [-0.15, -0.1) is 11.3 Å². The Bertz CT molecular complexity index is 1250. The number of para-hydroxylation sites is 1. The SMILES string of the molecule is N#Cc1ccc(-c2ccc3c(c2)sc2c4ccccc4[nH]c32)cc1. The molecule has 0 aliphatic heterocycles. The van der Waals surface area contributed by atoms with Crippen LogP contribution in [0.15, 0.2) is 66.7 Å². The van der Waals surface area contributed by atoms with Crippen LogP contribution in [0.3, 0.4) is 0 Å². The number of aromatic amines is 1. The third kappa shape index (κ3) is 1.87. The highest BCUT2D eigenvalue weighted by molar-refractivity contribution is 7.26. The lowest BCUT2D eigenvalue weighted by Crippen LogP contribution is -1.79. The van der Waals surface area contributed by atoms with Gasteiger partial charge < -0.3 is 4.98 Å². The van der Waals surface area contributed by atoms with E-state index < -0.39 is 0 Å². The summed E-state index contributed by atoms with van der Waals surface area (Å²) in [5.74, 6) is 0. The molecule has 0 radical (unpaired) electrons. The van der Waals surface area contributed by atoms with Gasteiger partial charge in [-0.3, -0.25) is 0 Å². The molecule has 5 rings (SSSR count). The molecule has 0 amide bonds. The molecule has 24 heavy (non-hydrogen) atoms. The van der Waals surface area contributed by atoms with Crippen LogP contribution in [-0.4, -0.2) is 4.98 Å². The monoisotopic (exact) mass is 324 g/mol.